The van der Waals surface area contributed by atoms with Crippen LogP contribution in [0.15, 0.2) is 10.6 Å². The first kappa shape index (κ1) is 24.7. The minimum Gasteiger partial charge on any atom is -0.412 e. The van der Waals surface area contributed by atoms with Crippen molar-refractivity contribution in [3.63, 3.8) is 0 Å². The smallest absolute Gasteiger partial charge is 0.192 e. The summed E-state index contributed by atoms with van der Waals surface area (Å²) in [5, 5.41) is 0. The highest BCUT2D eigenvalue weighted by Crippen LogP contribution is 2.60. The maximum absolute atomic E-state index is 6.84. The van der Waals surface area contributed by atoms with E-state index in [0.717, 1.165) is 17.8 Å². The molecule has 0 bridgehead atoms. The lowest BCUT2D eigenvalue weighted by Gasteiger charge is -2.44. The molecule has 2 fully saturated rings. The van der Waals surface area contributed by atoms with E-state index < -0.39 is 8.32 Å². The number of hydrogen-bond donors (Lipinski definition) is 0. The van der Waals surface area contributed by atoms with Gasteiger partial charge in [-0.05, 0) is 98.7 Å². The van der Waals surface area contributed by atoms with Gasteiger partial charge in [-0.2, -0.15) is 0 Å². The fraction of sp³-hybridized carbons (Fsp3) is 0.920. The molecule has 0 radical (unpaired) electrons. The Morgan fingerprint density at radius 1 is 1.21 bits per heavy atom. The summed E-state index contributed by atoms with van der Waals surface area (Å²) >= 11 is 3.66. The number of halogens is 1. The van der Waals surface area contributed by atoms with Gasteiger partial charge in [-0.25, -0.2) is 0 Å². The van der Waals surface area contributed by atoms with E-state index in [4.69, 9.17) is 4.43 Å². The normalized spacial score (nSPS) is 31.2. The molecule has 2 aliphatic rings. The van der Waals surface area contributed by atoms with E-state index in [2.05, 4.69) is 69.4 Å². The molecule has 0 heterocycles. The van der Waals surface area contributed by atoms with Crippen LogP contribution < -0.4 is 0 Å². The summed E-state index contributed by atoms with van der Waals surface area (Å²) in [5.74, 6) is 2.57. The quantitative estimate of drug-likeness (QED) is 0.289. The fourth-order valence-electron chi connectivity index (χ4n) is 6.80. The number of allylic oxidation sites excluding steroid dienone is 1. The number of hydrogen-bond acceptors (Lipinski definition) is 1. The zero-order valence-electron chi connectivity index (χ0n) is 19.9. The maximum Gasteiger partial charge on any atom is 0.192 e. The Morgan fingerprint density at radius 2 is 1.86 bits per heavy atom. The van der Waals surface area contributed by atoms with Gasteiger partial charge in [0.05, 0.1) is 5.60 Å². The third-order valence-electron chi connectivity index (χ3n) is 8.73. The molecule has 2 aliphatic carbocycles. The molecule has 28 heavy (non-hydrogen) atoms. The third-order valence-corrected chi connectivity index (χ3v) is 14.2. The van der Waals surface area contributed by atoms with E-state index in [1.807, 2.05) is 0 Å². The van der Waals surface area contributed by atoms with Gasteiger partial charge in [0, 0.05) is 0 Å². The van der Waals surface area contributed by atoms with Gasteiger partial charge >= 0.3 is 0 Å². The fourth-order valence-corrected chi connectivity index (χ4v) is 10.6. The lowest BCUT2D eigenvalue weighted by atomic mass is 9.61. The van der Waals surface area contributed by atoms with Crippen molar-refractivity contribution in [3.8, 4) is 0 Å². The Hall–Kier alpha value is 0.397. The molecule has 4 atom stereocenters. The van der Waals surface area contributed by atoms with Gasteiger partial charge in [-0.3, -0.25) is 0 Å². The molecule has 2 saturated carbocycles. The molecule has 0 saturated heterocycles. The van der Waals surface area contributed by atoms with Crippen LogP contribution in [0, 0.1) is 23.2 Å². The predicted molar refractivity (Wildman–Crippen MR) is 131 cm³/mol. The van der Waals surface area contributed by atoms with Crippen molar-refractivity contribution >= 4 is 24.2 Å². The molecular weight excluding hydrogens is 424 g/mol. The Labute approximate surface area is 185 Å². The minimum atomic E-state index is -1.51. The summed E-state index contributed by atoms with van der Waals surface area (Å²) < 4.78 is 6.84. The van der Waals surface area contributed by atoms with Crippen LogP contribution in [0.3, 0.4) is 0 Å². The van der Waals surface area contributed by atoms with Crippen molar-refractivity contribution in [1.29, 1.82) is 0 Å². The highest BCUT2D eigenvalue weighted by atomic mass is 79.9. The molecule has 0 amide bonds. The van der Waals surface area contributed by atoms with Crippen LogP contribution >= 0.6 is 15.9 Å². The van der Waals surface area contributed by atoms with Crippen LogP contribution in [0.1, 0.15) is 99.8 Å². The van der Waals surface area contributed by atoms with Crippen molar-refractivity contribution < 1.29 is 4.43 Å². The maximum atomic E-state index is 6.84. The molecule has 3 heteroatoms. The van der Waals surface area contributed by atoms with E-state index in [9.17, 15) is 0 Å². The Morgan fingerprint density at radius 3 is 2.43 bits per heavy atom. The monoisotopic (exact) mass is 470 g/mol. The first-order valence-corrected chi connectivity index (χ1v) is 15.6. The van der Waals surface area contributed by atoms with Crippen molar-refractivity contribution in [2.75, 3.05) is 0 Å². The molecule has 0 aromatic rings. The van der Waals surface area contributed by atoms with E-state index in [0.29, 0.717) is 5.41 Å². The van der Waals surface area contributed by atoms with Gasteiger partial charge in [0.1, 0.15) is 0 Å². The summed E-state index contributed by atoms with van der Waals surface area (Å²) in [6.45, 7) is 16.9. The Balaban J connectivity index is 1.91. The van der Waals surface area contributed by atoms with E-state index >= 15 is 0 Å². The molecule has 0 aromatic heterocycles. The molecule has 2 rings (SSSR count). The minimum absolute atomic E-state index is 0.0484. The molecule has 0 unspecified atom stereocenters. The van der Waals surface area contributed by atoms with E-state index in [1.54, 1.807) is 5.57 Å². The first-order valence-electron chi connectivity index (χ1n) is 12.2. The van der Waals surface area contributed by atoms with E-state index in [1.165, 1.54) is 69.5 Å². The summed E-state index contributed by atoms with van der Waals surface area (Å²) in [7, 11) is -1.51. The van der Waals surface area contributed by atoms with Crippen LogP contribution in [-0.4, -0.2) is 13.9 Å². The summed E-state index contributed by atoms with van der Waals surface area (Å²) in [4.78, 5) is 2.26. The molecule has 0 aliphatic heterocycles. The lowest BCUT2D eigenvalue weighted by molar-refractivity contribution is 0.0705. The van der Waals surface area contributed by atoms with Gasteiger partial charge in [0.15, 0.2) is 8.32 Å². The van der Waals surface area contributed by atoms with Crippen molar-refractivity contribution in [2.45, 2.75) is 124 Å². The average molecular weight is 472 g/mol. The summed E-state index contributed by atoms with van der Waals surface area (Å²) in [6.07, 6.45) is 10.9. The summed E-state index contributed by atoms with van der Waals surface area (Å²) in [5.41, 5.74) is 2.28. The predicted octanol–water partition coefficient (Wildman–Crippen LogP) is 9.09. The van der Waals surface area contributed by atoms with Crippen LogP contribution in [0.4, 0.5) is 0 Å². The highest BCUT2D eigenvalue weighted by Gasteiger charge is 2.50. The zero-order chi connectivity index (χ0) is 21.0. The van der Waals surface area contributed by atoms with Crippen LogP contribution in [0.2, 0.25) is 18.1 Å². The second kappa shape index (κ2) is 10.1. The second-order valence-electron chi connectivity index (χ2n) is 10.8. The summed E-state index contributed by atoms with van der Waals surface area (Å²) in [6, 6.07) is 3.77. The third kappa shape index (κ3) is 5.35. The van der Waals surface area contributed by atoms with Crippen LogP contribution in [0.25, 0.3) is 0 Å². The van der Waals surface area contributed by atoms with Gasteiger partial charge in [-0.1, -0.05) is 69.0 Å². The van der Waals surface area contributed by atoms with Crippen molar-refractivity contribution in [1.82, 2.24) is 0 Å². The topological polar surface area (TPSA) is 9.23 Å². The molecule has 164 valence electrons. The molecule has 1 nitrogen and oxygen atoms in total. The van der Waals surface area contributed by atoms with Gasteiger partial charge in [-0.15, -0.1) is 0 Å². The van der Waals surface area contributed by atoms with Gasteiger partial charge in [0.2, 0.25) is 0 Å². The first-order chi connectivity index (χ1) is 13.2. The SMILES string of the molecule is CC[Si](CC)(CC)OC(C)(C)CCC[C@H](C)[C@H]1CC[C@H]2/C(=C/Br)CCC[C@]12C. The largest absolute Gasteiger partial charge is 0.412 e. The van der Waals surface area contributed by atoms with Crippen molar-refractivity contribution in [2.24, 2.45) is 23.2 Å². The second-order valence-corrected chi connectivity index (χ2v) is 15.9. The number of rotatable bonds is 10. The van der Waals surface area contributed by atoms with Crippen molar-refractivity contribution in [3.05, 3.63) is 10.6 Å². The average Bonchev–Trinajstić information content (AvgIpc) is 3.03. The highest BCUT2D eigenvalue weighted by molar-refractivity contribution is 9.11. The van der Waals surface area contributed by atoms with Crippen LogP contribution in [-0.2, 0) is 4.43 Å². The zero-order valence-corrected chi connectivity index (χ0v) is 22.5. The van der Waals surface area contributed by atoms with Crippen LogP contribution in [0.5, 0.6) is 0 Å². The van der Waals surface area contributed by atoms with Gasteiger partial charge < -0.3 is 4.43 Å². The molecule has 0 aromatic carbocycles. The Kier molecular flexibility index (Phi) is 8.93. The molecular formula is C25H47BrOSi. The Bertz CT molecular complexity index is 516. The molecule has 0 N–H and O–H groups in total. The van der Waals surface area contributed by atoms with Gasteiger partial charge in [0.25, 0.3) is 0 Å². The lowest BCUT2D eigenvalue weighted by Crippen LogP contribution is -2.44. The number of fused-ring (bicyclic) bond motifs is 1. The molecule has 0 spiro atoms. The van der Waals surface area contributed by atoms with E-state index in [-0.39, 0.29) is 5.60 Å². The standard InChI is InChI=1S/C25H47BrOSi/c1-8-28(9-2,10-3)27-24(5,6)17-11-13-20(4)22-15-16-23-21(19-26)14-12-18-25(22,23)7/h19-20,22-23H,8-18H2,1-7H3/b21-19+/t20-,22+,23-,25+/m0/s1.